The van der Waals surface area contributed by atoms with Crippen molar-refractivity contribution in [3.63, 3.8) is 0 Å². The summed E-state index contributed by atoms with van der Waals surface area (Å²) >= 11 is 0. The van der Waals surface area contributed by atoms with Crippen molar-refractivity contribution in [1.29, 1.82) is 0 Å². The summed E-state index contributed by atoms with van der Waals surface area (Å²) in [6, 6.07) is 4.11. The standard InChI is InChI=1S/C13H18N2O4S/c14-12(16)9-5-4-6-10(20(15,18)19)11(9)13(17)7-2-1-3-8-13/h4-6,17H,1-3,7-8H2,(H2,14,16)(H2,15,18,19). The minimum Gasteiger partial charge on any atom is -0.385 e. The molecule has 7 heteroatoms. The van der Waals surface area contributed by atoms with Gasteiger partial charge >= 0.3 is 0 Å². The van der Waals surface area contributed by atoms with E-state index in [0.29, 0.717) is 12.8 Å². The van der Waals surface area contributed by atoms with Crippen molar-refractivity contribution < 1.29 is 18.3 Å². The lowest BCUT2D eigenvalue weighted by Gasteiger charge is -2.34. The van der Waals surface area contributed by atoms with Gasteiger partial charge in [0.25, 0.3) is 0 Å². The molecular formula is C13H18N2O4S. The van der Waals surface area contributed by atoms with Gasteiger partial charge in [-0.2, -0.15) is 0 Å². The summed E-state index contributed by atoms with van der Waals surface area (Å²) in [6.45, 7) is 0. The van der Waals surface area contributed by atoms with Crippen molar-refractivity contribution in [3.8, 4) is 0 Å². The van der Waals surface area contributed by atoms with E-state index in [1.54, 1.807) is 0 Å². The monoisotopic (exact) mass is 298 g/mol. The predicted molar refractivity (Wildman–Crippen MR) is 73.3 cm³/mol. The lowest BCUT2D eigenvalue weighted by atomic mass is 9.78. The summed E-state index contributed by atoms with van der Waals surface area (Å²) in [6.07, 6.45) is 3.26. The topological polar surface area (TPSA) is 123 Å². The summed E-state index contributed by atoms with van der Waals surface area (Å²) in [4.78, 5) is 11.3. The van der Waals surface area contributed by atoms with Gasteiger partial charge in [-0.1, -0.05) is 25.3 Å². The third-order valence-electron chi connectivity index (χ3n) is 3.74. The van der Waals surface area contributed by atoms with Gasteiger partial charge < -0.3 is 10.8 Å². The number of nitrogens with two attached hydrogens (primary N) is 2. The molecule has 1 aliphatic rings. The van der Waals surface area contributed by atoms with Crippen LogP contribution in [0.1, 0.15) is 48.0 Å². The van der Waals surface area contributed by atoms with Gasteiger partial charge in [0.05, 0.1) is 10.5 Å². The minimum atomic E-state index is -4.04. The molecule has 0 heterocycles. The molecule has 0 bridgehead atoms. The first-order chi connectivity index (χ1) is 9.26. The Morgan fingerprint density at radius 2 is 1.80 bits per heavy atom. The van der Waals surface area contributed by atoms with E-state index in [0.717, 1.165) is 19.3 Å². The number of primary sulfonamides is 1. The highest BCUT2D eigenvalue weighted by atomic mass is 32.2. The molecule has 0 spiro atoms. The quantitative estimate of drug-likeness (QED) is 0.755. The Labute approximate surface area is 117 Å². The number of aliphatic hydroxyl groups is 1. The van der Waals surface area contributed by atoms with Crippen LogP contribution in [0.5, 0.6) is 0 Å². The van der Waals surface area contributed by atoms with Gasteiger partial charge in [0, 0.05) is 11.1 Å². The van der Waals surface area contributed by atoms with E-state index in [1.165, 1.54) is 18.2 Å². The molecule has 5 N–H and O–H groups in total. The number of carbonyl (C=O) groups excluding carboxylic acids is 1. The molecule has 1 amide bonds. The summed E-state index contributed by atoms with van der Waals surface area (Å²) < 4.78 is 23.5. The van der Waals surface area contributed by atoms with E-state index in [1.807, 2.05) is 0 Å². The number of amides is 1. The lowest BCUT2D eigenvalue weighted by molar-refractivity contribution is -0.00392. The third-order valence-corrected chi connectivity index (χ3v) is 4.70. The molecular weight excluding hydrogens is 280 g/mol. The number of sulfonamides is 1. The zero-order valence-corrected chi connectivity index (χ0v) is 11.8. The Kier molecular flexibility index (Phi) is 3.86. The zero-order valence-electron chi connectivity index (χ0n) is 11.0. The van der Waals surface area contributed by atoms with Gasteiger partial charge in [0.2, 0.25) is 15.9 Å². The molecule has 2 rings (SSSR count). The molecule has 0 aromatic heterocycles. The lowest BCUT2D eigenvalue weighted by Crippen LogP contribution is -2.34. The molecule has 1 fully saturated rings. The van der Waals surface area contributed by atoms with Crippen molar-refractivity contribution in [2.24, 2.45) is 10.9 Å². The van der Waals surface area contributed by atoms with Crippen LogP contribution in [0.3, 0.4) is 0 Å². The Morgan fingerprint density at radius 1 is 1.20 bits per heavy atom. The van der Waals surface area contributed by atoms with E-state index in [4.69, 9.17) is 10.9 Å². The molecule has 1 aromatic carbocycles. The summed E-state index contributed by atoms with van der Waals surface area (Å²) in [7, 11) is -4.04. The Morgan fingerprint density at radius 3 is 2.30 bits per heavy atom. The van der Waals surface area contributed by atoms with Crippen LogP contribution in [-0.2, 0) is 15.6 Å². The number of hydrogen-bond acceptors (Lipinski definition) is 4. The van der Waals surface area contributed by atoms with Crippen LogP contribution >= 0.6 is 0 Å². The number of benzene rings is 1. The van der Waals surface area contributed by atoms with Crippen molar-refractivity contribution in [3.05, 3.63) is 29.3 Å². The van der Waals surface area contributed by atoms with Crippen LogP contribution in [0.2, 0.25) is 0 Å². The SMILES string of the molecule is NC(=O)c1cccc(S(N)(=O)=O)c1C1(O)CCCCC1. The van der Waals surface area contributed by atoms with E-state index in [2.05, 4.69) is 0 Å². The van der Waals surface area contributed by atoms with Gasteiger partial charge in [0.15, 0.2) is 0 Å². The molecule has 0 aliphatic heterocycles. The smallest absolute Gasteiger partial charge is 0.249 e. The van der Waals surface area contributed by atoms with Crippen molar-refractivity contribution >= 4 is 15.9 Å². The average molecular weight is 298 g/mol. The highest BCUT2D eigenvalue weighted by molar-refractivity contribution is 7.89. The van der Waals surface area contributed by atoms with Crippen LogP contribution in [0.25, 0.3) is 0 Å². The fraction of sp³-hybridized carbons (Fsp3) is 0.462. The summed E-state index contributed by atoms with van der Waals surface area (Å²) in [5, 5.41) is 16.0. The zero-order chi connectivity index (χ0) is 15.0. The molecule has 110 valence electrons. The van der Waals surface area contributed by atoms with Crippen LogP contribution in [0.4, 0.5) is 0 Å². The molecule has 20 heavy (non-hydrogen) atoms. The fourth-order valence-electron chi connectivity index (χ4n) is 2.84. The summed E-state index contributed by atoms with van der Waals surface area (Å²) in [5.41, 5.74) is 4.00. The first-order valence-corrected chi connectivity index (χ1v) is 7.99. The largest absolute Gasteiger partial charge is 0.385 e. The van der Waals surface area contributed by atoms with Crippen LogP contribution in [-0.4, -0.2) is 19.4 Å². The van der Waals surface area contributed by atoms with Crippen LogP contribution in [0, 0.1) is 0 Å². The van der Waals surface area contributed by atoms with E-state index in [9.17, 15) is 18.3 Å². The fourth-order valence-corrected chi connectivity index (χ4v) is 3.69. The predicted octanol–water partition coefficient (Wildman–Crippen LogP) is 0.585. The maximum Gasteiger partial charge on any atom is 0.249 e. The molecule has 1 aromatic rings. The maximum absolute atomic E-state index is 11.7. The van der Waals surface area contributed by atoms with E-state index >= 15 is 0 Å². The summed E-state index contributed by atoms with van der Waals surface area (Å²) in [5.74, 6) is -0.774. The van der Waals surface area contributed by atoms with Gasteiger partial charge in [-0.15, -0.1) is 0 Å². The van der Waals surface area contributed by atoms with Gasteiger partial charge in [-0.05, 0) is 25.0 Å². The van der Waals surface area contributed by atoms with E-state index in [-0.39, 0.29) is 16.0 Å². The highest BCUT2D eigenvalue weighted by Crippen LogP contribution is 2.41. The molecule has 1 saturated carbocycles. The number of carbonyl (C=O) groups is 1. The molecule has 0 saturated heterocycles. The van der Waals surface area contributed by atoms with Crippen LogP contribution in [0.15, 0.2) is 23.1 Å². The van der Waals surface area contributed by atoms with E-state index < -0.39 is 21.5 Å². The second-order valence-electron chi connectivity index (χ2n) is 5.18. The molecule has 0 unspecified atom stereocenters. The Hall–Kier alpha value is -1.44. The molecule has 0 atom stereocenters. The normalized spacial score (nSPS) is 18.7. The number of primary amides is 1. The van der Waals surface area contributed by atoms with Gasteiger partial charge in [0.1, 0.15) is 0 Å². The average Bonchev–Trinajstić information content (AvgIpc) is 2.37. The molecule has 6 nitrogen and oxygen atoms in total. The van der Waals surface area contributed by atoms with Crippen molar-refractivity contribution in [2.75, 3.05) is 0 Å². The Bertz CT molecular complexity index is 634. The minimum absolute atomic E-state index is 0.0147. The number of hydrogen-bond donors (Lipinski definition) is 3. The first-order valence-electron chi connectivity index (χ1n) is 6.44. The number of rotatable bonds is 3. The van der Waals surface area contributed by atoms with Crippen molar-refractivity contribution in [2.45, 2.75) is 42.6 Å². The maximum atomic E-state index is 11.7. The first kappa shape index (κ1) is 15.0. The molecule has 0 radical (unpaired) electrons. The Balaban J connectivity index is 2.73. The molecule has 1 aliphatic carbocycles. The van der Waals surface area contributed by atoms with Crippen molar-refractivity contribution in [1.82, 2.24) is 0 Å². The highest BCUT2D eigenvalue weighted by Gasteiger charge is 2.38. The van der Waals surface area contributed by atoms with Crippen LogP contribution < -0.4 is 10.9 Å². The third kappa shape index (κ3) is 2.70. The second-order valence-corrected chi connectivity index (χ2v) is 6.71. The van der Waals surface area contributed by atoms with Gasteiger partial charge in [-0.25, -0.2) is 13.6 Å². The second kappa shape index (κ2) is 5.16. The van der Waals surface area contributed by atoms with Gasteiger partial charge in [-0.3, -0.25) is 4.79 Å².